The molecular formula is C17H18O3. The van der Waals surface area contributed by atoms with Crippen LogP contribution in [0.15, 0.2) is 42.5 Å². The van der Waals surface area contributed by atoms with Crippen LogP contribution >= 0.6 is 0 Å². The molecular weight excluding hydrogens is 252 g/mol. The van der Waals surface area contributed by atoms with Gasteiger partial charge in [0.1, 0.15) is 11.5 Å². The fourth-order valence-corrected chi connectivity index (χ4v) is 2.08. The quantitative estimate of drug-likeness (QED) is 0.778. The van der Waals surface area contributed by atoms with Gasteiger partial charge in [-0.3, -0.25) is 4.79 Å². The molecule has 2 aromatic rings. The first-order chi connectivity index (χ1) is 9.65. The fourth-order valence-electron chi connectivity index (χ4n) is 2.08. The van der Waals surface area contributed by atoms with Gasteiger partial charge < -0.3 is 9.47 Å². The zero-order valence-corrected chi connectivity index (χ0v) is 12.0. The Morgan fingerprint density at radius 3 is 2.50 bits per heavy atom. The number of carbonyl (C=O) groups excluding carboxylic acids is 1. The van der Waals surface area contributed by atoms with Crippen LogP contribution in [0, 0.1) is 6.92 Å². The highest BCUT2D eigenvalue weighted by Crippen LogP contribution is 2.22. The van der Waals surface area contributed by atoms with E-state index in [1.165, 1.54) is 0 Å². The van der Waals surface area contributed by atoms with Gasteiger partial charge in [-0.1, -0.05) is 12.1 Å². The van der Waals surface area contributed by atoms with Crippen LogP contribution in [0.3, 0.4) is 0 Å². The van der Waals surface area contributed by atoms with Crippen LogP contribution in [0.5, 0.6) is 11.5 Å². The number of rotatable bonds is 5. The van der Waals surface area contributed by atoms with Gasteiger partial charge in [0, 0.05) is 11.1 Å². The molecule has 0 amide bonds. The van der Waals surface area contributed by atoms with Crippen molar-refractivity contribution in [1.29, 1.82) is 0 Å². The van der Waals surface area contributed by atoms with E-state index in [4.69, 9.17) is 9.47 Å². The zero-order valence-electron chi connectivity index (χ0n) is 12.0. The lowest BCUT2D eigenvalue weighted by molar-refractivity contribution is 0.103. The average molecular weight is 270 g/mol. The summed E-state index contributed by atoms with van der Waals surface area (Å²) in [4.78, 5) is 12.5. The Morgan fingerprint density at radius 1 is 1.10 bits per heavy atom. The predicted molar refractivity (Wildman–Crippen MR) is 78.8 cm³/mol. The summed E-state index contributed by atoms with van der Waals surface area (Å²) in [7, 11) is 1.62. The maximum atomic E-state index is 12.5. The molecule has 3 heteroatoms. The van der Waals surface area contributed by atoms with Gasteiger partial charge in [-0.05, 0) is 49.7 Å². The summed E-state index contributed by atoms with van der Waals surface area (Å²) in [5.74, 6) is 1.48. The Bertz CT molecular complexity index is 617. The molecule has 2 aromatic carbocycles. The van der Waals surface area contributed by atoms with Crippen molar-refractivity contribution in [1.82, 2.24) is 0 Å². The summed E-state index contributed by atoms with van der Waals surface area (Å²) in [6, 6.07) is 12.7. The molecule has 0 aliphatic rings. The lowest BCUT2D eigenvalue weighted by Crippen LogP contribution is -2.03. The van der Waals surface area contributed by atoms with Crippen LogP contribution < -0.4 is 9.47 Å². The first-order valence-corrected chi connectivity index (χ1v) is 6.58. The van der Waals surface area contributed by atoms with Gasteiger partial charge in [-0.2, -0.15) is 0 Å². The fraction of sp³-hybridized carbons (Fsp3) is 0.235. The van der Waals surface area contributed by atoms with Crippen molar-refractivity contribution >= 4 is 5.78 Å². The van der Waals surface area contributed by atoms with Crippen LogP contribution in [0.2, 0.25) is 0 Å². The topological polar surface area (TPSA) is 35.5 Å². The minimum Gasteiger partial charge on any atom is -0.496 e. The highest BCUT2D eigenvalue weighted by Gasteiger charge is 2.11. The molecule has 0 aliphatic heterocycles. The third-order valence-electron chi connectivity index (χ3n) is 3.06. The van der Waals surface area contributed by atoms with Crippen LogP contribution in [0.1, 0.15) is 28.4 Å². The first kappa shape index (κ1) is 14.1. The molecule has 0 radical (unpaired) electrons. The Hall–Kier alpha value is -2.29. The second kappa shape index (κ2) is 6.24. The van der Waals surface area contributed by atoms with E-state index in [9.17, 15) is 4.79 Å². The van der Waals surface area contributed by atoms with Crippen molar-refractivity contribution in [2.75, 3.05) is 13.7 Å². The van der Waals surface area contributed by atoms with Crippen molar-refractivity contribution in [2.45, 2.75) is 13.8 Å². The SMILES string of the molecule is CCOc1cccc(C(=O)c2ccc(OC)c(C)c2)c1. The molecule has 3 nitrogen and oxygen atoms in total. The molecule has 0 aliphatic carbocycles. The van der Waals surface area contributed by atoms with Crippen molar-refractivity contribution in [2.24, 2.45) is 0 Å². The normalized spacial score (nSPS) is 10.2. The van der Waals surface area contributed by atoms with Crippen LogP contribution in [0.25, 0.3) is 0 Å². The number of hydrogen-bond acceptors (Lipinski definition) is 3. The van der Waals surface area contributed by atoms with Crippen LogP contribution in [-0.2, 0) is 0 Å². The Morgan fingerprint density at radius 2 is 1.85 bits per heavy atom. The number of methoxy groups -OCH3 is 1. The third-order valence-corrected chi connectivity index (χ3v) is 3.06. The number of benzene rings is 2. The molecule has 0 bridgehead atoms. The van der Waals surface area contributed by atoms with Gasteiger partial charge in [0.2, 0.25) is 0 Å². The van der Waals surface area contributed by atoms with Crippen molar-refractivity contribution in [3.8, 4) is 11.5 Å². The van der Waals surface area contributed by atoms with E-state index in [-0.39, 0.29) is 5.78 Å². The first-order valence-electron chi connectivity index (χ1n) is 6.58. The van der Waals surface area contributed by atoms with Gasteiger partial charge in [0.15, 0.2) is 5.78 Å². The van der Waals surface area contributed by atoms with Crippen molar-refractivity contribution < 1.29 is 14.3 Å². The average Bonchev–Trinajstić information content (AvgIpc) is 2.47. The monoisotopic (exact) mass is 270 g/mol. The maximum absolute atomic E-state index is 12.5. The molecule has 0 spiro atoms. The molecule has 20 heavy (non-hydrogen) atoms. The van der Waals surface area contributed by atoms with Crippen molar-refractivity contribution in [3.05, 3.63) is 59.2 Å². The zero-order chi connectivity index (χ0) is 14.5. The maximum Gasteiger partial charge on any atom is 0.193 e. The molecule has 0 aromatic heterocycles. The molecule has 0 unspecified atom stereocenters. The van der Waals surface area contributed by atoms with E-state index in [2.05, 4.69) is 0 Å². The van der Waals surface area contributed by atoms with E-state index in [0.29, 0.717) is 23.5 Å². The van der Waals surface area contributed by atoms with Crippen molar-refractivity contribution in [3.63, 3.8) is 0 Å². The Kier molecular flexibility index (Phi) is 4.41. The van der Waals surface area contributed by atoms with E-state index < -0.39 is 0 Å². The van der Waals surface area contributed by atoms with E-state index in [1.54, 1.807) is 25.3 Å². The number of ketones is 1. The smallest absolute Gasteiger partial charge is 0.193 e. The molecule has 0 saturated heterocycles. The standard InChI is InChI=1S/C17H18O3/c1-4-20-15-7-5-6-13(11-15)17(18)14-8-9-16(19-3)12(2)10-14/h5-11H,4H2,1-3H3. The van der Waals surface area contributed by atoms with E-state index in [1.807, 2.05) is 38.1 Å². The lowest BCUT2D eigenvalue weighted by atomic mass is 10.0. The highest BCUT2D eigenvalue weighted by atomic mass is 16.5. The molecule has 0 atom stereocenters. The molecule has 2 rings (SSSR count). The lowest BCUT2D eigenvalue weighted by Gasteiger charge is -2.08. The molecule has 0 fully saturated rings. The summed E-state index contributed by atoms with van der Waals surface area (Å²) in [5, 5.41) is 0. The Labute approximate surface area is 119 Å². The second-order valence-electron chi connectivity index (χ2n) is 4.47. The molecule has 0 N–H and O–H groups in total. The number of ether oxygens (including phenoxy) is 2. The van der Waals surface area contributed by atoms with Gasteiger partial charge in [-0.25, -0.2) is 0 Å². The molecule has 104 valence electrons. The summed E-state index contributed by atoms with van der Waals surface area (Å²) >= 11 is 0. The van der Waals surface area contributed by atoms with Gasteiger partial charge >= 0.3 is 0 Å². The minimum absolute atomic E-state index is 0.0164. The van der Waals surface area contributed by atoms with E-state index >= 15 is 0 Å². The van der Waals surface area contributed by atoms with Gasteiger partial charge in [0.05, 0.1) is 13.7 Å². The summed E-state index contributed by atoms with van der Waals surface area (Å²) in [6.07, 6.45) is 0. The minimum atomic E-state index is -0.0164. The summed E-state index contributed by atoms with van der Waals surface area (Å²) in [6.45, 7) is 4.42. The molecule has 0 heterocycles. The largest absolute Gasteiger partial charge is 0.496 e. The van der Waals surface area contributed by atoms with Gasteiger partial charge in [0.25, 0.3) is 0 Å². The number of carbonyl (C=O) groups is 1. The number of aryl methyl sites for hydroxylation is 1. The summed E-state index contributed by atoms with van der Waals surface area (Å²) in [5.41, 5.74) is 2.22. The Balaban J connectivity index is 2.31. The molecule has 0 saturated carbocycles. The third kappa shape index (κ3) is 2.99. The second-order valence-corrected chi connectivity index (χ2v) is 4.47. The predicted octanol–water partition coefficient (Wildman–Crippen LogP) is 3.63. The van der Waals surface area contributed by atoms with E-state index in [0.717, 1.165) is 11.3 Å². The highest BCUT2D eigenvalue weighted by molar-refractivity contribution is 6.09. The van der Waals surface area contributed by atoms with Crippen LogP contribution in [-0.4, -0.2) is 19.5 Å². The van der Waals surface area contributed by atoms with Crippen LogP contribution in [0.4, 0.5) is 0 Å². The number of hydrogen-bond donors (Lipinski definition) is 0. The van der Waals surface area contributed by atoms with Gasteiger partial charge in [-0.15, -0.1) is 0 Å². The summed E-state index contributed by atoms with van der Waals surface area (Å²) < 4.78 is 10.6.